The van der Waals surface area contributed by atoms with E-state index in [0.717, 1.165) is 5.69 Å². The molecule has 0 fully saturated rings. The standard InChI is InChI=1S/C6H8N2PS/c7-9(10)8-6-4-2-1-3-5-6/h1-5H,(H3,7,8,10)/q+1. The molecule has 0 aliphatic heterocycles. The second-order valence-electron chi connectivity index (χ2n) is 1.80. The maximum Gasteiger partial charge on any atom is 0.386 e. The molecule has 0 aliphatic carbocycles. The Morgan fingerprint density at radius 3 is 2.40 bits per heavy atom. The molecule has 2 nitrogen and oxygen atoms in total. The van der Waals surface area contributed by atoms with Crippen molar-refractivity contribution in [1.29, 1.82) is 0 Å². The molecule has 52 valence electrons. The summed E-state index contributed by atoms with van der Waals surface area (Å²) in [4.78, 5) is 0. The Morgan fingerprint density at radius 2 is 1.90 bits per heavy atom. The summed E-state index contributed by atoms with van der Waals surface area (Å²) < 4.78 is 0. The van der Waals surface area contributed by atoms with Crippen LogP contribution in [0.2, 0.25) is 0 Å². The number of nitrogens with one attached hydrogen (secondary N) is 1. The summed E-state index contributed by atoms with van der Waals surface area (Å²) in [7, 11) is 0. The van der Waals surface area contributed by atoms with Crippen LogP contribution in [0.3, 0.4) is 0 Å². The molecule has 1 aromatic rings. The van der Waals surface area contributed by atoms with Crippen LogP contribution in [-0.4, -0.2) is 0 Å². The quantitative estimate of drug-likeness (QED) is 0.667. The minimum absolute atomic E-state index is 0.943. The van der Waals surface area contributed by atoms with Gasteiger partial charge >= 0.3 is 7.00 Å². The lowest BCUT2D eigenvalue weighted by Crippen LogP contribution is -1.90. The number of para-hydroxylation sites is 1. The molecule has 0 spiro atoms. The van der Waals surface area contributed by atoms with Crippen LogP contribution in [0, 0.1) is 0 Å². The molecule has 0 bridgehead atoms. The minimum Gasteiger partial charge on any atom is -0.186 e. The average Bonchev–Trinajstić information content (AvgIpc) is 1.88. The number of hydrogen-bond acceptors (Lipinski definition) is 1. The topological polar surface area (TPSA) is 38.0 Å². The van der Waals surface area contributed by atoms with Crippen LogP contribution >= 0.6 is 7.00 Å². The van der Waals surface area contributed by atoms with Crippen LogP contribution in [0.5, 0.6) is 0 Å². The highest BCUT2D eigenvalue weighted by Crippen LogP contribution is 2.15. The van der Waals surface area contributed by atoms with Gasteiger partial charge in [0.1, 0.15) is 0 Å². The molecule has 0 amide bonds. The zero-order valence-electron chi connectivity index (χ0n) is 5.32. The van der Waals surface area contributed by atoms with Gasteiger partial charge in [-0.1, -0.05) is 18.2 Å². The molecular weight excluding hydrogens is 163 g/mol. The molecule has 1 aromatic carbocycles. The number of rotatable bonds is 2. The molecule has 1 unspecified atom stereocenters. The van der Waals surface area contributed by atoms with Crippen molar-refractivity contribution in [2.24, 2.45) is 5.50 Å². The molecule has 1 atom stereocenters. The van der Waals surface area contributed by atoms with Gasteiger partial charge in [-0.05, 0) is 12.1 Å². The zero-order chi connectivity index (χ0) is 7.40. The largest absolute Gasteiger partial charge is 0.386 e. The number of nitrogens with two attached hydrogens (primary N) is 1. The lowest BCUT2D eigenvalue weighted by atomic mass is 10.3. The molecular formula is C6H8N2PS+. The highest BCUT2D eigenvalue weighted by molar-refractivity contribution is 8.04. The Kier molecular flexibility index (Phi) is 2.75. The fourth-order valence-electron chi connectivity index (χ4n) is 0.640. The van der Waals surface area contributed by atoms with Gasteiger partial charge in [0.25, 0.3) is 0 Å². The fourth-order valence-corrected chi connectivity index (χ4v) is 1.36. The molecule has 0 aliphatic rings. The number of anilines is 1. The predicted octanol–water partition coefficient (Wildman–Crippen LogP) is 1.83. The molecule has 4 heteroatoms. The van der Waals surface area contributed by atoms with Crippen LogP contribution in [0.1, 0.15) is 0 Å². The summed E-state index contributed by atoms with van der Waals surface area (Å²) in [5.41, 5.74) is 6.38. The van der Waals surface area contributed by atoms with Gasteiger partial charge in [0.15, 0.2) is 0 Å². The monoisotopic (exact) mass is 171 g/mol. The molecule has 0 saturated heterocycles. The first-order valence-electron chi connectivity index (χ1n) is 2.83. The summed E-state index contributed by atoms with van der Waals surface area (Å²) in [5, 5.41) is 2.96. The van der Waals surface area contributed by atoms with E-state index in [0.29, 0.717) is 0 Å². The van der Waals surface area contributed by atoms with Crippen molar-refractivity contribution in [3.05, 3.63) is 30.3 Å². The van der Waals surface area contributed by atoms with Gasteiger partial charge in [-0.25, -0.2) is 0 Å². The van der Waals surface area contributed by atoms with Gasteiger partial charge in [0.2, 0.25) is 11.8 Å². The van der Waals surface area contributed by atoms with Crippen LogP contribution in [0.25, 0.3) is 0 Å². The highest BCUT2D eigenvalue weighted by Gasteiger charge is 1.98. The smallest absolute Gasteiger partial charge is 0.186 e. The molecule has 0 saturated carbocycles. The summed E-state index contributed by atoms with van der Waals surface area (Å²) in [5.74, 6) is 0. The molecule has 0 heterocycles. The zero-order valence-corrected chi connectivity index (χ0v) is 7.03. The Morgan fingerprint density at radius 1 is 1.30 bits per heavy atom. The normalized spacial score (nSPS) is 10.7. The van der Waals surface area contributed by atoms with Crippen molar-refractivity contribution in [1.82, 2.24) is 0 Å². The van der Waals surface area contributed by atoms with E-state index in [4.69, 9.17) is 17.3 Å². The van der Waals surface area contributed by atoms with Crippen LogP contribution in [-0.2, 0) is 11.8 Å². The Balaban J connectivity index is 2.67. The highest BCUT2D eigenvalue weighted by atomic mass is 32.4. The van der Waals surface area contributed by atoms with E-state index in [1.165, 1.54) is 0 Å². The molecule has 1 rings (SSSR count). The van der Waals surface area contributed by atoms with E-state index in [9.17, 15) is 0 Å². The van der Waals surface area contributed by atoms with Gasteiger partial charge in [-0.2, -0.15) is 5.09 Å². The van der Waals surface area contributed by atoms with Gasteiger partial charge in [0.05, 0.1) is 5.69 Å². The fraction of sp³-hybridized carbons (Fsp3) is 0. The molecule has 0 radical (unpaired) electrons. The van der Waals surface area contributed by atoms with E-state index in [-0.39, 0.29) is 0 Å². The summed E-state index contributed by atoms with van der Waals surface area (Å²) in [6, 6.07) is 9.71. The van der Waals surface area contributed by atoms with Crippen LogP contribution in [0.4, 0.5) is 5.69 Å². The summed E-state index contributed by atoms with van der Waals surface area (Å²) in [6.07, 6.45) is 0. The van der Waals surface area contributed by atoms with Crippen molar-refractivity contribution < 1.29 is 0 Å². The number of benzene rings is 1. The maximum absolute atomic E-state index is 5.39. The average molecular weight is 171 g/mol. The van der Waals surface area contributed by atoms with E-state index in [2.05, 4.69) is 5.09 Å². The molecule has 3 N–H and O–H groups in total. The van der Waals surface area contributed by atoms with E-state index >= 15 is 0 Å². The van der Waals surface area contributed by atoms with Gasteiger partial charge in [0, 0.05) is 0 Å². The maximum atomic E-state index is 5.39. The van der Waals surface area contributed by atoms with Crippen LogP contribution < -0.4 is 10.6 Å². The van der Waals surface area contributed by atoms with Crippen molar-refractivity contribution >= 4 is 24.5 Å². The first kappa shape index (κ1) is 7.61. The van der Waals surface area contributed by atoms with E-state index < -0.39 is 7.00 Å². The van der Waals surface area contributed by atoms with Crippen molar-refractivity contribution in [2.45, 2.75) is 0 Å². The predicted molar refractivity (Wildman–Crippen MR) is 48.5 cm³/mol. The third-order valence-electron chi connectivity index (χ3n) is 1.01. The van der Waals surface area contributed by atoms with Crippen molar-refractivity contribution in [3.63, 3.8) is 0 Å². The van der Waals surface area contributed by atoms with E-state index in [1.807, 2.05) is 30.3 Å². The third kappa shape index (κ3) is 2.40. The van der Waals surface area contributed by atoms with Crippen LogP contribution in [0.15, 0.2) is 30.3 Å². The first-order valence-corrected chi connectivity index (χ1v) is 5.25. The van der Waals surface area contributed by atoms with Crippen molar-refractivity contribution in [2.75, 3.05) is 5.09 Å². The Labute approximate surface area is 66.0 Å². The SMILES string of the molecule is N[P+](=S)Nc1ccccc1. The second kappa shape index (κ2) is 3.62. The van der Waals surface area contributed by atoms with Gasteiger partial charge < -0.3 is 0 Å². The Hall–Kier alpha value is -0.500. The lowest BCUT2D eigenvalue weighted by molar-refractivity contribution is 1.67. The minimum atomic E-state index is -0.943. The van der Waals surface area contributed by atoms with Crippen molar-refractivity contribution in [3.8, 4) is 0 Å². The lowest BCUT2D eigenvalue weighted by Gasteiger charge is -1.91. The van der Waals surface area contributed by atoms with Gasteiger partial charge in [-0.3, -0.25) is 0 Å². The molecule has 10 heavy (non-hydrogen) atoms. The second-order valence-corrected chi connectivity index (χ2v) is 3.86. The molecule has 0 aromatic heterocycles. The Bertz CT molecular complexity index is 224. The summed E-state index contributed by atoms with van der Waals surface area (Å²) >= 11 is 4.79. The van der Waals surface area contributed by atoms with Gasteiger partial charge in [-0.15, -0.1) is 5.50 Å². The first-order chi connectivity index (χ1) is 4.79. The third-order valence-corrected chi connectivity index (χ3v) is 1.77. The van der Waals surface area contributed by atoms with E-state index in [1.54, 1.807) is 0 Å². The number of hydrogen-bond donors (Lipinski definition) is 2. The summed E-state index contributed by atoms with van der Waals surface area (Å²) in [6.45, 7) is -0.943.